The van der Waals surface area contributed by atoms with Gasteiger partial charge in [-0.15, -0.1) is 13.2 Å². The van der Waals surface area contributed by atoms with E-state index in [9.17, 15) is 27.9 Å². The number of hydrogen-bond donors (Lipinski definition) is 2. The van der Waals surface area contributed by atoms with Crippen LogP contribution < -0.4 is 20.3 Å². The van der Waals surface area contributed by atoms with E-state index in [4.69, 9.17) is 4.11 Å². The quantitative estimate of drug-likeness (QED) is 0.301. The molecule has 2 aromatic carbocycles. The third-order valence-corrected chi connectivity index (χ3v) is 5.80. The highest BCUT2D eigenvalue weighted by Crippen LogP contribution is 2.34. The summed E-state index contributed by atoms with van der Waals surface area (Å²) in [5.41, 5.74) is -4.65. The molecule has 2 N–H and O–H groups in total. The van der Waals surface area contributed by atoms with Crippen LogP contribution in [0, 0.1) is 11.6 Å². The number of benzene rings is 2. The van der Waals surface area contributed by atoms with Crippen molar-refractivity contribution >= 4 is 11.6 Å². The van der Waals surface area contributed by atoms with Gasteiger partial charge in [-0.1, -0.05) is 6.07 Å². The number of pyridine rings is 1. The predicted octanol–water partition coefficient (Wildman–Crippen LogP) is 4.90. The Kier molecular flexibility index (Phi) is 6.59. The molecule has 1 amide bonds. The van der Waals surface area contributed by atoms with E-state index in [1.807, 2.05) is 0 Å². The van der Waals surface area contributed by atoms with Crippen LogP contribution >= 0.6 is 0 Å². The van der Waals surface area contributed by atoms with Crippen molar-refractivity contribution in [3.8, 4) is 28.6 Å². The zero-order chi connectivity index (χ0) is 32.8. The molecule has 2 aromatic heterocycles. The monoisotopic (exact) mass is 581 g/mol. The number of hydrogen-bond acceptors (Lipinski definition) is 6. The Morgan fingerprint density at radius 1 is 1.05 bits per heavy atom. The predicted molar refractivity (Wildman–Crippen MR) is 137 cm³/mol. The van der Waals surface area contributed by atoms with Gasteiger partial charge < -0.3 is 19.9 Å². The molecule has 0 spiro atoms. The van der Waals surface area contributed by atoms with Crippen molar-refractivity contribution in [3.05, 3.63) is 87.8 Å². The number of rotatable bonds is 7. The van der Waals surface area contributed by atoms with Gasteiger partial charge in [-0.25, -0.2) is 13.8 Å². The summed E-state index contributed by atoms with van der Waals surface area (Å²) in [6.07, 6.45) is -4.98. The fourth-order valence-corrected chi connectivity index (χ4v) is 3.97. The molecule has 4 aromatic rings. The van der Waals surface area contributed by atoms with Crippen LogP contribution in [0.2, 0.25) is 0 Å². The molecule has 4 rings (SSSR count). The van der Waals surface area contributed by atoms with Gasteiger partial charge in [-0.05, 0) is 50.2 Å². The molecule has 0 unspecified atom stereocenters. The highest BCUT2D eigenvalue weighted by molar-refractivity contribution is 6.06. The minimum Gasteiger partial charge on any atom is -0.497 e. The molecule has 41 heavy (non-hydrogen) atoms. The minimum absolute atomic E-state index is 0.115. The number of aliphatic hydroxyl groups is 1. The molecular formula is C27H23F5N4O5. The number of nitrogens with one attached hydrogen (secondary N) is 1. The summed E-state index contributed by atoms with van der Waals surface area (Å²) in [6, 6.07) is 9.06. The Labute approximate surface area is 233 Å². The lowest BCUT2D eigenvalue weighted by molar-refractivity contribution is -0.274. The van der Waals surface area contributed by atoms with Gasteiger partial charge in [0.25, 0.3) is 11.5 Å². The zero-order valence-corrected chi connectivity index (χ0v) is 21.5. The average Bonchev–Trinajstić information content (AvgIpc) is 3.10. The first-order chi connectivity index (χ1) is 20.2. The van der Waals surface area contributed by atoms with E-state index in [0.717, 1.165) is 33.6 Å². The summed E-state index contributed by atoms with van der Waals surface area (Å²) in [6.45, 7) is 2.87. The highest BCUT2D eigenvalue weighted by atomic mass is 19.4. The van der Waals surface area contributed by atoms with E-state index in [1.54, 1.807) is 0 Å². The average molecular weight is 582 g/mol. The second-order valence-electron chi connectivity index (χ2n) is 9.19. The summed E-state index contributed by atoms with van der Waals surface area (Å²) in [4.78, 5) is 31.1. The lowest BCUT2D eigenvalue weighted by Gasteiger charge is -2.18. The summed E-state index contributed by atoms with van der Waals surface area (Å²) < 4.78 is 100. The number of aromatic nitrogens is 3. The van der Waals surface area contributed by atoms with E-state index in [-0.39, 0.29) is 17.1 Å². The van der Waals surface area contributed by atoms with Crippen LogP contribution in [0.5, 0.6) is 11.5 Å². The number of amides is 1. The summed E-state index contributed by atoms with van der Waals surface area (Å²) in [5, 5.41) is 12.7. The molecule has 0 saturated heterocycles. The second-order valence-corrected chi connectivity index (χ2v) is 9.19. The maximum absolute atomic E-state index is 15.4. The van der Waals surface area contributed by atoms with Crippen molar-refractivity contribution in [1.82, 2.24) is 14.3 Å². The Bertz CT molecular complexity index is 1760. The summed E-state index contributed by atoms with van der Waals surface area (Å²) in [7, 11) is -1.81. The molecule has 0 aliphatic carbocycles. The van der Waals surface area contributed by atoms with Gasteiger partial charge in [0, 0.05) is 24.7 Å². The molecule has 9 nitrogen and oxygen atoms in total. The van der Waals surface area contributed by atoms with E-state index >= 15 is 8.78 Å². The minimum atomic E-state index is -4.98. The fraction of sp³-hybridized carbons (Fsp3) is 0.222. The molecule has 0 saturated carbocycles. The third-order valence-electron chi connectivity index (χ3n) is 5.80. The third kappa shape index (κ3) is 6.06. The van der Waals surface area contributed by atoms with Crippen molar-refractivity contribution in [2.75, 3.05) is 12.4 Å². The van der Waals surface area contributed by atoms with Gasteiger partial charge in [0.05, 0.1) is 22.4 Å². The zero-order valence-electron chi connectivity index (χ0n) is 24.5. The van der Waals surface area contributed by atoms with Gasteiger partial charge in [-0.2, -0.15) is 4.68 Å². The number of anilines is 1. The van der Waals surface area contributed by atoms with Gasteiger partial charge in [-0.3, -0.25) is 14.3 Å². The van der Waals surface area contributed by atoms with Crippen LogP contribution in [0.3, 0.4) is 0 Å². The number of carbonyl (C=O) groups is 1. The van der Waals surface area contributed by atoms with Crippen molar-refractivity contribution < 1.29 is 45.4 Å². The SMILES string of the molecule is [2H]C([2H])([2H])Oc1cc(F)c(-c2c(NC(=O)c3ccc(OC(F)(F)F)cc3)c(=O)n(-c3cccc(C(C)(C)O)n3)n2C)c(F)c1. The Balaban J connectivity index is 1.89. The molecule has 2 heterocycles. The molecule has 0 fully saturated rings. The molecule has 0 atom stereocenters. The Hall–Kier alpha value is -4.72. The van der Waals surface area contributed by atoms with Crippen LogP contribution in [0.25, 0.3) is 17.1 Å². The van der Waals surface area contributed by atoms with Crippen LogP contribution in [0.4, 0.5) is 27.6 Å². The Morgan fingerprint density at radius 3 is 2.24 bits per heavy atom. The maximum atomic E-state index is 15.4. The van der Waals surface area contributed by atoms with Crippen LogP contribution in [0.15, 0.2) is 59.4 Å². The molecular weight excluding hydrogens is 555 g/mol. The van der Waals surface area contributed by atoms with Crippen LogP contribution in [0.1, 0.15) is 34.0 Å². The van der Waals surface area contributed by atoms with E-state index in [1.165, 1.54) is 39.1 Å². The van der Waals surface area contributed by atoms with Gasteiger partial charge in [0.2, 0.25) is 0 Å². The topological polar surface area (TPSA) is 108 Å². The standard InChI is InChI=1S/C27H23F5N4O5/c1-26(2,39)19-6-5-7-20(33-19)36-25(38)22(23(35(36)3)21-17(28)12-16(40-4)13-18(21)29)34-24(37)14-8-10-15(11-9-14)41-27(30,31)32/h5-13,39H,1-4H3,(H,34,37)/i4D3. The first kappa shape index (κ1) is 25.3. The smallest absolute Gasteiger partial charge is 0.497 e. The molecule has 0 aliphatic rings. The maximum Gasteiger partial charge on any atom is 0.573 e. The van der Waals surface area contributed by atoms with Gasteiger partial charge in [0.15, 0.2) is 5.82 Å². The molecule has 0 aliphatic heterocycles. The summed E-state index contributed by atoms with van der Waals surface area (Å²) in [5.74, 6) is -5.19. The van der Waals surface area contributed by atoms with Crippen molar-refractivity contribution in [2.45, 2.75) is 25.8 Å². The normalized spacial score (nSPS) is 13.2. The number of nitrogens with zero attached hydrogens (tertiary/aromatic N) is 3. The van der Waals surface area contributed by atoms with Gasteiger partial charge in [0.1, 0.15) is 40.1 Å². The van der Waals surface area contributed by atoms with E-state index in [2.05, 4.69) is 19.8 Å². The Morgan fingerprint density at radius 2 is 1.68 bits per heavy atom. The molecule has 216 valence electrons. The van der Waals surface area contributed by atoms with E-state index in [0.29, 0.717) is 12.1 Å². The van der Waals surface area contributed by atoms with Crippen molar-refractivity contribution in [1.29, 1.82) is 0 Å². The first-order valence-electron chi connectivity index (χ1n) is 13.1. The molecule has 14 heteroatoms. The lowest BCUT2D eigenvalue weighted by Crippen LogP contribution is -2.25. The van der Waals surface area contributed by atoms with Gasteiger partial charge >= 0.3 is 6.36 Å². The largest absolute Gasteiger partial charge is 0.573 e. The fourth-order valence-electron chi connectivity index (χ4n) is 3.97. The lowest BCUT2D eigenvalue weighted by atomic mass is 10.1. The highest BCUT2D eigenvalue weighted by Gasteiger charge is 2.31. The molecule has 0 bridgehead atoms. The van der Waals surface area contributed by atoms with Crippen molar-refractivity contribution in [2.24, 2.45) is 7.05 Å². The molecule has 0 radical (unpaired) electrons. The van der Waals surface area contributed by atoms with Crippen LogP contribution in [-0.4, -0.2) is 38.8 Å². The first-order valence-corrected chi connectivity index (χ1v) is 11.6. The number of halogens is 5. The number of ether oxygens (including phenoxy) is 2. The number of methoxy groups -OCH3 is 1. The summed E-state index contributed by atoms with van der Waals surface area (Å²) >= 11 is 0. The second kappa shape index (κ2) is 10.7. The van der Waals surface area contributed by atoms with Crippen LogP contribution in [-0.2, 0) is 12.6 Å². The number of carbonyl (C=O) groups excluding carboxylic acids is 1. The van der Waals surface area contributed by atoms with Crippen molar-refractivity contribution in [3.63, 3.8) is 0 Å². The van der Waals surface area contributed by atoms with E-state index < -0.39 is 70.5 Å². The number of alkyl halides is 3.